The van der Waals surface area contributed by atoms with E-state index < -0.39 is 12.0 Å². The van der Waals surface area contributed by atoms with Crippen LogP contribution >= 0.6 is 0 Å². The summed E-state index contributed by atoms with van der Waals surface area (Å²) in [5.74, 6) is -1.24. The molecule has 7 heteroatoms. The van der Waals surface area contributed by atoms with Gasteiger partial charge in [-0.3, -0.25) is 9.59 Å². The number of alkyl halides is 3. The number of carbonyl (C=O) groups is 2. The molecule has 22 heavy (non-hydrogen) atoms. The van der Waals surface area contributed by atoms with E-state index in [9.17, 15) is 22.8 Å². The van der Waals surface area contributed by atoms with Crippen LogP contribution in [0.15, 0.2) is 24.3 Å². The van der Waals surface area contributed by atoms with Crippen molar-refractivity contribution >= 4 is 11.8 Å². The maximum absolute atomic E-state index is 12.2. The SMILES string of the molecule is CC1(C)OC(=O)CC1CC(=O)c1ccc(OC(F)(F)F)cc1. The van der Waals surface area contributed by atoms with Crippen LogP contribution in [0.25, 0.3) is 0 Å². The van der Waals surface area contributed by atoms with Crippen molar-refractivity contribution in [3.8, 4) is 5.75 Å². The van der Waals surface area contributed by atoms with E-state index in [4.69, 9.17) is 4.74 Å². The first-order chi connectivity index (χ1) is 10.1. The zero-order valence-corrected chi connectivity index (χ0v) is 12.1. The minimum Gasteiger partial charge on any atom is -0.459 e. The largest absolute Gasteiger partial charge is 0.573 e. The Morgan fingerprint density at radius 3 is 2.36 bits per heavy atom. The number of cyclic esters (lactones) is 1. The fourth-order valence-electron chi connectivity index (χ4n) is 2.37. The van der Waals surface area contributed by atoms with Crippen LogP contribution < -0.4 is 4.74 Å². The molecular weight excluding hydrogens is 301 g/mol. The Bertz CT molecular complexity index is 575. The Kier molecular flexibility index (Phi) is 4.17. The summed E-state index contributed by atoms with van der Waals surface area (Å²) in [6.07, 6.45) is -4.51. The molecule has 1 aromatic carbocycles. The van der Waals surface area contributed by atoms with Gasteiger partial charge in [0.2, 0.25) is 0 Å². The van der Waals surface area contributed by atoms with Crippen molar-refractivity contribution < 1.29 is 32.2 Å². The van der Waals surface area contributed by atoms with Crippen LogP contribution in [0.1, 0.15) is 37.0 Å². The van der Waals surface area contributed by atoms with Gasteiger partial charge in [-0.2, -0.15) is 0 Å². The molecule has 2 rings (SSSR count). The lowest BCUT2D eigenvalue weighted by Crippen LogP contribution is -2.29. The molecule has 0 bridgehead atoms. The number of esters is 1. The average Bonchev–Trinajstić information content (AvgIpc) is 2.60. The van der Waals surface area contributed by atoms with E-state index in [1.165, 1.54) is 12.1 Å². The summed E-state index contributed by atoms with van der Waals surface area (Å²) in [5, 5.41) is 0. The lowest BCUT2D eigenvalue weighted by atomic mass is 9.85. The van der Waals surface area contributed by atoms with Crippen LogP contribution in [0.3, 0.4) is 0 Å². The summed E-state index contributed by atoms with van der Waals surface area (Å²) in [7, 11) is 0. The average molecular weight is 316 g/mol. The van der Waals surface area contributed by atoms with E-state index in [1.54, 1.807) is 13.8 Å². The van der Waals surface area contributed by atoms with Gasteiger partial charge in [0.05, 0.1) is 6.42 Å². The van der Waals surface area contributed by atoms with Gasteiger partial charge in [0, 0.05) is 17.9 Å². The van der Waals surface area contributed by atoms with Crippen LogP contribution in [-0.2, 0) is 9.53 Å². The normalized spacial score (nSPS) is 20.6. The smallest absolute Gasteiger partial charge is 0.459 e. The topological polar surface area (TPSA) is 52.6 Å². The minimum absolute atomic E-state index is 0.0955. The monoisotopic (exact) mass is 316 g/mol. The third-order valence-corrected chi connectivity index (χ3v) is 3.61. The zero-order chi connectivity index (χ0) is 16.5. The van der Waals surface area contributed by atoms with Crippen LogP contribution in [-0.4, -0.2) is 23.7 Å². The third-order valence-electron chi connectivity index (χ3n) is 3.61. The molecule has 1 atom stereocenters. The van der Waals surface area contributed by atoms with Crippen molar-refractivity contribution in [3.63, 3.8) is 0 Å². The van der Waals surface area contributed by atoms with E-state index in [0.717, 1.165) is 12.1 Å². The maximum atomic E-state index is 12.2. The molecule has 1 saturated heterocycles. The highest BCUT2D eigenvalue weighted by Gasteiger charge is 2.42. The summed E-state index contributed by atoms with van der Waals surface area (Å²) in [6, 6.07) is 4.71. The fraction of sp³-hybridized carbons (Fsp3) is 0.467. The van der Waals surface area contributed by atoms with E-state index in [-0.39, 0.29) is 41.8 Å². The first-order valence-electron chi connectivity index (χ1n) is 6.68. The van der Waals surface area contributed by atoms with Crippen LogP contribution in [0.2, 0.25) is 0 Å². The van der Waals surface area contributed by atoms with Crippen molar-refractivity contribution in [2.75, 3.05) is 0 Å². The minimum atomic E-state index is -4.77. The van der Waals surface area contributed by atoms with Gasteiger partial charge >= 0.3 is 12.3 Å². The molecule has 0 saturated carbocycles. The summed E-state index contributed by atoms with van der Waals surface area (Å²) in [6.45, 7) is 3.46. The van der Waals surface area contributed by atoms with Crippen molar-refractivity contribution in [1.29, 1.82) is 0 Å². The summed E-state index contributed by atoms with van der Waals surface area (Å²) >= 11 is 0. The summed E-state index contributed by atoms with van der Waals surface area (Å²) in [5.41, 5.74) is -0.448. The maximum Gasteiger partial charge on any atom is 0.573 e. The molecule has 0 radical (unpaired) electrons. The molecule has 1 aliphatic rings. The summed E-state index contributed by atoms with van der Waals surface area (Å²) < 4.78 is 45.1. The number of carbonyl (C=O) groups excluding carboxylic acids is 2. The highest BCUT2D eigenvalue weighted by Crippen LogP contribution is 2.35. The predicted octanol–water partition coefficient (Wildman–Crippen LogP) is 3.50. The van der Waals surface area contributed by atoms with Gasteiger partial charge in [0.15, 0.2) is 5.78 Å². The van der Waals surface area contributed by atoms with Gasteiger partial charge in [0.1, 0.15) is 11.4 Å². The molecule has 1 heterocycles. The van der Waals surface area contributed by atoms with Gasteiger partial charge in [-0.25, -0.2) is 0 Å². The second kappa shape index (κ2) is 5.62. The fourth-order valence-corrected chi connectivity index (χ4v) is 2.37. The molecule has 1 aliphatic heterocycles. The van der Waals surface area contributed by atoms with Crippen molar-refractivity contribution in [2.45, 2.75) is 38.7 Å². The number of hydrogen-bond donors (Lipinski definition) is 0. The van der Waals surface area contributed by atoms with Crippen molar-refractivity contribution in [2.24, 2.45) is 5.92 Å². The molecule has 0 spiro atoms. The van der Waals surface area contributed by atoms with Gasteiger partial charge in [-0.15, -0.1) is 13.2 Å². The highest BCUT2D eigenvalue weighted by atomic mass is 19.4. The second-order valence-electron chi connectivity index (χ2n) is 5.68. The number of hydrogen-bond acceptors (Lipinski definition) is 4. The zero-order valence-electron chi connectivity index (χ0n) is 12.1. The molecule has 0 N–H and O–H groups in total. The first-order valence-corrected chi connectivity index (χ1v) is 6.68. The molecular formula is C15H15F3O4. The Hall–Kier alpha value is -2.05. The Labute approximate surface area is 125 Å². The number of rotatable bonds is 4. The quantitative estimate of drug-likeness (QED) is 0.630. The molecule has 0 amide bonds. The number of Topliss-reactive ketones (excluding diaryl/α,β-unsaturated/α-hetero) is 1. The molecule has 1 unspecified atom stereocenters. The van der Waals surface area contributed by atoms with Crippen LogP contribution in [0.5, 0.6) is 5.75 Å². The third kappa shape index (κ3) is 3.99. The number of halogens is 3. The van der Waals surface area contributed by atoms with Gasteiger partial charge in [-0.1, -0.05) is 0 Å². The van der Waals surface area contributed by atoms with Crippen LogP contribution in [0, 0.1) is 5.92 Å². The summed E-state index contributed by atoms with van der Waals surface area (Å²) in [4.78, 5) is 23.5. The first kappa shape index (κ1) is 16.3. The van der Waals surface area contributed by atoms with Crippen molar-refractivity contribution in [1.82, 2.24) is 0 Å². The van der Waals surface area contributed by atoms with Gasteiger partial charge in [-0.05, 0) is 38.1 Å². The lowest BCUT2D eigenvalue weighted by molar-refractivity contribution is -0.274. The second-order valence-corrected chi connectivity index (χ2v) is 5.68. The van der Waals surface area contributed by atoms with E-state index in [0.29, 0.717) is 0 Å². The van der Waals surface area contributed by atoms with E-state index >= 15 is 0 Å². The van der Waals surface area contributed by atoms with E-state index in [2.05, 4.69) is 4.74 Å². The molecule has 120 valence electrons. The molecule has 4 nitrogen and oxygen atoms in total. The van der Waals surface area contributed by atoms with Gasteiger partial charge in [0.25, 0.3) is 0 Å². The van der Waals surface area contributed by atoms with Gasteiger partial charge < -0.3 is 9.47 Å². The van der Waals surface area contributed by atoms with Crippen molar-refractivity contribution in [3.05, 3.63) is 29.8 Å². The van der Waals surface area contributed by atoms with E-state index in [1.807, 2.05) is 0 Å². The Morgan fingerprint density at radius 2 is 1.91 bits per heavy atom. The molecule has 1 fully saturated rings. The Morgan fingerprint density at radius 1 is 1.32 bits per heavy atom. The standard InChI is InChI=1S/C15H15F3O4/c1-14(2)10(8-13(20)22-14)7-12(19)9-3-5-11(6-4-9)21-15(16,17)18/h3-6,10H,7-8H2,1-2H3. The Balaban J connectivity index is 2.03. The highest BCUT2D eigenvalue weighted by molar-refractivity contribution is 5.96. The number of benzene rings is 1. The number of ether oxygens (including phenoxy) is 2. The van der Waals surface area contributed by atoms with Crippen LogP contribution in [0.4, 0.5) is 13.2 Å². The molecule has 0 aromatic heterocycles. The lowest BCUT2D eigenvalue weighted by Gasteiger charge is -2.24. The molecule has 0 aliphatic carbocycles. The predicted molar refractivity (Wildman–Crippen MR) is 70.4 cm³/mol. The molecule has 1 aromatic rings. The number of ketones is 1.